The predicted molar refractivity (Wildman–Crippen MR) is 128 cm³/mol. The van der Waals surface area contributed by atoms with Crippen LogP contribution in [0.3, 0.4) is 0 Å². The number of hydrogen-bond donors (Lipinski definition) is 2. The summed E-state index contributed by atoms with van der Waals surface area (Å²) < 4.78 is 39.1. The Hall–Kier alpha value is -4.36. The van der Waals surface area contributed by atoms with Crippen LogP contribution in [0.5, 0.6) is 5.75 Å². The molecule has 11 nitrogen and oxygen atoms in total. The van der Waals surface area contributed by atoms with Crippen molar-refractivity contribution in [2.24, 2.45) is 0 Å². The van der Waals surface area contributed by atoms with E-state index in [-0.39, 0.29) is 33.3 Å². The molecule has 1 amide bonds. The van der Waals surface area contributed by atoms with Gasteiger partial charge in [0.2, 0.25) is 5.89 Å². The van der Waals surface area contributed by atoms with E-state index in [1.54, 1.807) is 35.5 Å². The van der Waals surface area contributed by atoms with Gasteiger partial charge in [-0.15, -0.1) is 0 Å². The summed E-state index contributed by atoms with van der Waals surface area (Å²) in [7, 11) is 0. The number of amides is 1. The van der Waals surface area contributed by atoms with Crippen LogP contribution in [0.2, 0.25) is 5.02 Å². The Kier molecular flexibility index (Phi) is 7.05. The smallest absolute Gasteiger partial charge is 0.387 e. The van der Waals surface area contributed by atoms with Crippen molar-refractivity contribution < 1.29 is 22.7 Å². The molecule has 0 atom stereocenters. The van der Waals surface area contributed by atoms with Gasteiger partial charge in [-0.05, 0) is 24.3 Å². The number of oxazole rings is 1. The summed E-state index contributed by atoms with van der Waals surface area (Å²) in [5.74, 6) is -0.112. The highest BCUT2D eigenvalue weighted by Crippen LogP contribution is 2.37. The maximum Gasteiger partial charge on any atom is 0.387 e. The Labute approximate surface area is 213 Å². The molecule has 5 aromatic rings. The van der Waals surface area contributed by atoms with Gasteiger partial charge >= 0.3 is 6.61 Å². The van der Waals surface area contributed by atoms with Crippen LogP contribution >= 0.6 is 11.6 Å². The molecule has 14 heteroatoms. The lowest BCUT2D eigenvalue weighted by atomic mass is 10.1. The second kappa shape index (κ2) is 10.7. The first-order chi connectivity index (χ1) is 18.0. The quantitative estimate of drug-likeness (QED) is 0.262. The number of carbonyl (C=O) groups excluding carboxylic acids is 1. The first-order valence-electron chi connectivity index (χ1n) is 11.0. The van der Waals surface area contributed by atoms with E-state index in [1.165, 1.54) is 35.2 Å². The van der Waals surface area contributed by atoms with Gasteiger partial charge < -0.3 is 19.8 Å². The zero-order valence-electron chi connectivity index (χ0n) is 19.0. The molecule has 0 saturated heterocycles. The number of aromatic nitrogens is 6. The second-order valence-corrected chi connectivity index (χ2v) is 8.11. The Morgan fingerprint density at radius 1 is 1.24 bits per heavy atom. The Balaban J connectivity index is 1.44. The number of fused-ring (bicyclic) bond motifs is 1. The largest absolute Gasteiger partial charge is 0.448 e. The van der Waals surface area contributed by atoms with E-state index in [4.69, 9.17) is 16.0 Å². The van der Waals surface area contributed by atoms with Crippen molar-refractivity contribution in [2.75, 3.05) is 11.9 Å². The molecule has 37 heavy (non-hydrogen) atoms. The molecular weight excluding hydrogens is 510 g/mol. The zero-order valence-corrected chi connectivity index (χ0v) is 19.8. The molecule has 4 heterocycles. The summed E-state index contributed by atoms with van der Waals surface area (Å²) in [4.78, 5) is 21.4. The van der Waals surface area contributed by atoms with Crippen LogP contribution in [0.1, 0.15) is 16.2 Å². The topological polar surface area (TPSA) is 124 Å². The molecule has 0 unspecified atom stereocenters. The minimum atomic E-state index is -3.07. The van der Waals surface area contributed by atoms with E-state index in [9.17, 15) is 13.6 Å². The molecule has 0 aliphatic carbocycles. The maximum absolute atomic E-state index is 13.2. The molecule has 5 rings (SSSR count). The predicted octanol–water partition coefficient (Wildman–Crippen LogP) is 3.88. The standard InChI is InChI=1S/C23H19ClF2N8O3/c24-14-2-3-18(37-23(25)26)15(10-14)20-17(13-33(32-20)8-5-27-12-19-28-6-9-36-19)31-22(35)16-11-30-34-7-1-4-29-21(16)34/h1-4,6-7,9-11,13,23,27H,5,8,12H2,(H,31,35). The van der Waals surface area contributed by atoms with E-state index in [0.717, 1.165) is 0 Å². The van der Waals surface area contributed by atoms with Crippen molar-refractivity contribution in [1.29, 1.82) is 0 Å². The van der Waals surface area contributed by atoms with Crippen LogP contribution in [-0.2, 0) is 13.1 Å². The summed E-state index contributed by atoms with van der Waals surface area (Å²) in [5.41, 5.74) is 1.22. The zero-order chi connectivity index (χ0) is 25.8. The number of nitrogens with one attached hydrogen (secondary N) is 2. The van der Waals surface area contributed by atoms with Gasteiger partial charge in [-0.3, -0.25) is 9.48 Å². The highest BCUT2D eigenvalue weighted by Gasteiger charge is 2.22. The fraction of sp³-hybridized carbons (Fsp3) is 0.174. The number of ether oxygens (including phenoxy) is 1. The number of carbonyl (C=O) groups is 1. The lowest BCUT2D eigenvalue weighted by Crippen LogP contribution is -2.20. The number of rotatable bonds is 10. The van der Waals surface area contributed by atoms with Crippen LogP contribution in [-0.4, -0.2) is 48.4 Å². The first kappa shape index (κ1) is 24.3. The van der Waals surface area contributed by atoms with Crippen molar-refractivity contribution in [3.8, 4) is 17.0 Å². The van der Waals surface area contributed by atoms with Crippen molar-refractivity contribution in [2.45, 2.75) is 19.7 Å². The highest BCUT2D eigenvalue weighted by molar-refractivity contribution is 6.31. The number of anilines is 1. The lowest BCUT2D eigenvalue weighted by molar-refractivity contribution is -0.0494. The summed E-state index contributed by atoms with van der Waals surface area (Å²) in [6.07, 6.45) is 9.21. The molecular formula is C23H19ClF2N8O3. The molecule has 1 aromatic carbocycles. The average molecular weight is 529 g/mol. The molecule has 4 aromatic heterocycles. The molecule has 0 spiro atoms. The van der Waals surface area contributed by atoms with Crippen LogP contribution in [0.4, 0.5) is 14.5 Å². The van der Waals surface area contributed by atoms with Crippen LogP contribution < -0.4 is 15.4 Å². The van der Waals surface area contributed by atoms with Crippen LogP contribution in [0, 0.1) is 0 Å². The lowest BCUT2D eigenvalue weighted by Gasteiger charge is -2.11. The van der Waals surface area contributed by atoms with Gasteiger partial charge in [0, 0.05) is 35.7 Å². The van der Waals surface area contributed by atoms with Crippen molar-refractivity contribution in [3.63, 3.8) is 0 Å². The molecule has 0 radical (unpaired) electrons. The van der Waals surface area contributed by atoms with E-state index >= 15 is 0 Å². The fourth-order valence-corrected chi connectivity index (χ4v) is 3.79. The molecule has 0 fully saturated rings. The van der Waals surface area contributed by atoms with Crippen molar-refractivity contribution in [3.05, 3.63) is 78.0 Å². The third-order valence-electron chi connectivity index (χ3n) is 5.22. The molecule has 190 valence electrons. The van der Waals surface area contributed by atoms with Crippen molar-refractivity contribution >= 4 is 28.8 Å². The number of halogens is 3. The monoisotopic (exact) mass is 528 g/mol. The summed E-state index contributed by atoms with van der Waals surface area (Å²) in [6.45, 7) is -1.80. The first-order valence-corrected chi connectivity index (χ1v) is 11.4. The van der Waals surface area contributed by atoms with Crippen LogP contribution in [0.15, 0.2) is 65.9 Å². The van der Waals surface area contributed by atoms with E-state index in [0.29, 0.717) is 31.2 Å². The normalized spacial score (nSPS) is 11.4. The van der Waals surface area contributed by atoms with E-state index < -0.39 is 12.5 Å². The summed E-state index contributed by atoms with van der Waals surface area (Å²) in [6, 6.07) is 5.87. The van der Waals surface area contributed by atoms with E-state index in [2.05, 4.69) is 35.5 Å². The van der Waals surface area contributed by atoms with Gasteiger partial charge in [0.05, 0.1) is 31.2 Å². The SMILES string of the molecule is O=C(Nc1cn(CCNCc2ncco2)nc1-c1cc(Cl)ccc1OC(F)F)c1cnn2cccnc12. The maximum atomic E-state index is 13.2. The highest BCUT2D eigenvalue weighted by atomic mass is 35.5. The second-order valence-electron chi connectivity index (χ2n) is 7.68. The Morgan fingerprint density at radius 3 is 2.95 bits per heavy atom. The molecule has 2 N–H and O–H groups in total. The van der Waals surface area contributed by atoms with Crippen LogP contribution in [0.25, 0.3) is 16.9 Å². The third kappa shape index (κ3) is 5.57. The molecule has 0 bridgehead atoms. The molecule has 0 aliphatic rings. The van der Waals surface area contributed by atoms with E-state index in [1.807, 2.05) is 0 Å². The van der Waals surface area contributed by atoms with Crippen molar-refractivity contribution in [1.82, 2.24) is 34.7 Å². The number of hydrogen-bond acceptors (Lipinski definition) is 8. The number of alkyl halides is 2. The minimum absolute atomic E-state index is 0.139. The summed E-state index contributed by atoms with van der Waals surface area (Å²) in [5, 5.41) is 14.9. The van der Waals surface area contributed by atoms with Gasteiger partial charge in [-0.25, -0.2) is 14.5 Å². The van der Waals surface area contributed by atoms with Gasteiger partial charge in [0.15, 0.2) is 5.65 Å². The Morgan fingerprint density at radius 2 is 2.14 bits per heavy atom. The molecule has 0 saturated carbocycles. The number of nitrogens with zero attached hydrogens (tertiary/aromatic N) is 6. The molecule has 0 aliphatic heterocycles. The Bertz CT molecular complexity index is 1520. The minimum Gasteiger partial charge on any atom is -0.448 e. The van der Waals surface area contributed by atoms with Gasteiger partial charge in [-0.2, -0.15) is 19.0 Å². The summed E-state index contributed by atoms with van der Waals surface area (Å²) >= 11 is 6.16. The average Bonchev–Trinajstić information content (AvgIpc) is 3.63. The third-order valence-corrected chi connectivity index (χ3v) is 5.46. The van der Waals surface area contributed by atoms with Gasteiger partial charge in [0.1, 0.15) is 23.3 Å². The van der Waals surface area contributed by atoms with Gasteiger partial charge in [-0.1, -0.05) is 11.6 Å². The fourth-order valence-electron chi connectivity index (χ4n) is 3.62. The van der Waals surface area contributed by atoms with Gasteiger partial charge in [0.25, 0.3) is 5.91 Å². The number of benzene rings is 1.